The predicted octanol–water partition coefficient (Wildman–Crippen LogP) is 2.41. The van der Waals surface area contributed by atoms with Crippen LogP contribution in [0.4, 0.5) is 0 Å². The molecular formula is C12H14BrN3. The third-order valence-corrected chi connectivity index (χ3v) is 2.75. The van der Waals surface area contributed by atoms with Gasteiger partial charge >= 0.3 is 0 Å². The van der Waals surface area contributed by atoms with Gasteiger partial charge < -0.3 is 9.88 Å². The summed E-state index contributed by atoms with van der Waals surface area (Å²) in [4.78, 5) is 4.15. The number of rotatable bonds is 4. The van der Waals surface area contributed by atoms with E-state index in [1.54, 1.807) is 6.20 Å². The highest BCUT2D eigenvalue weighted by Crippen LogP contribution is 2.11. The lowest BCUT2D eigenvalue weighted by molar-refractivity contribution is 0.780. The second-order valence-corrected chi connectivity index (χ2v) is 4.65. The van der Waals surface area contributed by atoms with Crippen molar-refractivity contribution in [1.29, 1.82) is 0 Å². The second-order valence-electron chi connectivity index (χ2n) is 3.73. The van der Waals surface area contributed by atoms with Gasteiger partial charge in [0.2, 0.25) is 0 Å². The summed E-state index contributed by atoms with van der Waals surface area (Å²) in [5, 5.41) is 3.14. The van der Waals surface area contributed by atoms with E-state index in [1.807, 2.05) is 13.2 Å². The SMILES string of the molecule is CNCc1ccn(Cc2cncc(Br)c2)c1. The van der Waals surface area contributed by atoms with Gasteiger partial charge in [-0.25, -0.2) is 0 Å². The number of aromatic nitrogens is 2. The van der Waals surface area contributed by atoms with Crippen LogP contribution in [0.1, 0.15) is 11.1 Å². The third kappa shape index (κ3) is 2.93. The molecule has 3 nitrogen and oxygen atoms in total. The van der Waals surface area contributed by atoms with Crippen LogP contribution in [-0.2, 0) is 13.1 Å². The van der Waals surface area contributed by atoms with Crippen LogP contribution in [0.2, 0.25) is 0 Å². The minimum absolute atomic E-state index is 0.857. The van der Waals surface area contributed by atoms with Gasteiger partial charge in [0.05, 0.1) is 0 Å². The number of nitrogens with one attached hydrogen (secondary N) is 1. The summed E-state index contributed by atoms with van der Waals surface area (Å²) in [5.74, 6) is 0. The van der Waals surface area contributed by atoms with Crippen LogP contribution in [0, 0.1) is 0 Å². The summed E-state index contributed by atoms with van der Waals surface area (Å²) in [6.07, 6.45) is 7.93. The maximum atomic E-state index is 4.15. The first kappa shape index (κ1) is 11.4. The molecule has 16 heavy (non-hydrogen) atoms. The van der Waals surface area contributed by atoms with E-state index in [9.17, 15) is 0 Å². The molecule has 0 radical (unpaired) electrons. The topological polar surface area (TPSA) is 29.9 Å². The van der Waals surface area contributed by atoms with Gasteiger partial charge in [-0.1, -0.05) is 0 Å². The van der Waals surface area contributed by atoms with E-state index in [1.165, 1.54) is 11.1 Å². The monoisotopic (exact) mass is 279 g/mol. The average molecular weight is 280 g/mol. The fourth-order valence-corrected chi connectivity index (χ4v) is 2.06. The van der Waals surface area contributed by atoms with Crippen molar-refractivity contribution in [2.24, 2.45) is 0 Å². The van der Waals surface area contributed by atoms with E-state index in [0.717, 1.165) is 17.6 Å². The highest BCUT2D eigenvalue weighted by atomic mass is 79.9. The number of pyridine rings is 1. The van der Waals surface area contributed by atoms with Gasteiger partial charge in [0.1, 0.15) is 0 Å². The van der Waals surface area contributed by atoms with Crippen LogP contribution >= 0.6 is 15.9 Å². The molecule has 2 rings (SSSR count). The lowest BCUT2D eigenvalue weighted by atomic mass is 10.3. The maximum absolute atomic E-state index is 4.15. The number of hydrogen-bond acceptors (Lipinski definition) is 2. The molecule has 0 spiro atoms. The first-order valence-corrected chi connectivity index (χ1v) is 5.96. The Labute approximate surface area is 104 Å². The molecule has 2 heterocycles. The Morgan fingerprint density at radius 1 is 1.38 bits per heavy atom. The van der Waals surface area contributed by atoms with Crippen LogP contribution in [0.5, 0.6) is 0 Å². The van der Waals surface area contributed by atoms with E-state index in [4.69, 9.17) is 0 Å². The third-order valence-electron chi connectivity index (χ3n) is 2.32. The first-order chi connectivity index (χ1) is 7.78. The molecule has 0 unspecified atom stereocenters. The van der Waals surface area contributed by atoms with Gasteiger partial charge in [-0.3, -0.25) is 4.98 Å². The van der Waals surface area contributed by atoms with Crippen molar-refractivity contribution in [2.75, 3.05) is 7.05 Å². The van der Waals surface area contributed by atoms with Crippen molar-refractivity contribution < 1.29 is 0 Å². The van der Waals surface area contributed by atoms with Crippen molar-refractivity contribution in [3.63, 3.8) is 0 Å². The molecule has 0 aliphatic heterocycles. The molecule has 0 aliphatic rings. The smallest absolute Gasteiger partial charge is 0.0485 e. The molecule has 0 aromatic carbocycles. The van der Waals surface area contributed by atoms with E-state index in [-0.39, 0.29) is 0 Å². The minimum atomic E-state index is 0.857. The normalized spacial score (nSPS) is 10.6. The molecule has 0 bridgehead atoms. The largest absolute Gasteiger partial charge is 0.350 e. The van der Waals surface area contributed by atoms with Crippen molar-refractivity contribution in [1.82, 2.24) is 14.9 Å². The van der Waals surface area contributed by atoms with Crippen molar-refractivity contribution in [3.8, 4) is 0 Å². The zero-order valence-electron chi connectivity index (χ0n) is 9.15. The highest BCUT2D eigenvalue weighted by molar-refractivity contribution is 9.10. The predicted molar refractivity (Wildman–Crippen MR) is 68.2 cm³/mol. The van der Waals surface area contributed by atoms with E-state index in [0.29, 0.717) is 0 Å². The van der Waals surface area contributed by atoms with Crippen molar-refractivity contribution >= 4 is 15.9 Å². The standard InChI is InChI=1S/C12H14BrN3/c1-14-5-10-2-3-16(8-10)9-11-4-12(13)7-15-6-11/h2-4,6-8,14H,5,9H2,1H3. The fourth-order valence-electron chi connectivity index (χ4n) is 1.65. The zero-order chi connectivity index (χ0) is 11.4. The molecular weight excluding hydrogens is 266 g/mol. The maximum Gasteiger partial charge on any atom is 0.0485 e. The van der Waals surface area contributed by atoms with Gasteiger partial charge in [-0.15, -0.1) is 0 Å². The second kappa shape index (κ2) is 5.27. The number of halogens is 1. The van der Waals surface area contributed by atoms with E-state index < -0.39 is 0 Å². The summed E-state index contributed by atoms with van der Waals surface area (Å²) < 4.78 is 3.18. The number of hydrogen-bond donors (Lipinski definition) is 1. The van der Waals surface area contributed by atoms with Crippen molar-refractivity contribution in [2.45, 2.75) is 13.1 Å². The van der Waals surface area contributed by atoms with E-state index >= 15 is 0 Å². The zero-order valence-corrected chi connectivity index (χ0v) is 10.7. The van der Waals surface area contributed by atoms with Gasteiger partial charge in [-0.05, 0) is 46.2 Å². The van der Waals surface area contributed by atoms with Crippen molar-refractivity contribution in [3.05, 3.63) is 52.5 Å². The Morgan fingerprint density at radius 2 is 2.25 bits per heavy atom. The number of nitrogens with zero attached hydrogens (tertiary/aromatic N) is 2. The molecule has 0 saturated heterocycles. The summed E-state index contributed by atoms with van der Waals surface area (Å²) in [7, 11) is 1.95. The lowest BCUT2D eigenvalue weighted by Crippen LogP contribution is -2.04. The van der Waals surface area contributed by atoms with Crippen LogP contribution in [0.25, 0.3) is 0 Å². The minimum Gasteiger partial charge on any atom is -0.350 e. The van der Waals surface area contributed by atoms with Crippen LogP contribution < -0.4 is 5.32 Å². The molecule has 0 atom stereocenters. The Bertz CT molecular complexity index is 465. The summed E-state index contributed by atoms with van der Waals surface area (Å²) in [6, 6.07) is 4.21. The summed E-state index contributed by atoms with van der Waals surface area (Å²) >= 11 is 3.42. The molecule has 0 aliphatic carbocycles. The fraction of sp³-hybridized carbons (Fsp3) is 0.250. The molecule has 0 saturated carbocycles. The quantitative estimate of drug-likeness (QED) is 0.932. The molecule has 2 aromatic heterocycles. The molecule has 1 N–H and O–H groups in total. The Morgan fingerprint density at radius 3 is 3.00 bits per heavy atom. The van der Waals surface area contributed by atoms with Crippen LogP contribution in [0.15, 0.2) is 41.4 Å². The Kier molecular flexibility index (Phi) is 3.74. The molecule has 0 fully saturated rings. The lowest BCUT2D eigenvalue weighted by Gasteiger charge is -2.03. The Balaban J connectivity index is 2.08. The molecule has 4 heteroatoms. The highest BCUT2D eigenvalue weighted by Gasteiger charge is 1.98. The van der Waals surface area contributed by atoms with Gasteiger partial charge in [0.15, 0.2) is 0 Å². The average Bonchev–Trinajstić information content (AvgIpc) is 2.66. The first-order valence-electron chi connectivity index (χ1n) is 5.16. The van der Waals surface area contributed by atoms with Crippen LogP contribution in [-0.4, -0.2) is 16.6 Å². The molecule has 0 amide bonds. The molecule has 2 aromatic rings. The van der Waals surface area contributed by atoms with Gasteiger partial charge in [0.25, 0.3) is 0 Å². The van der Waals surface area contributed by atoms with E-state index in [2.05, 4.69) is 55.3 Å². The molecule has 84 valence electrons. The summed E-state index contributed by atoms with van der Waals surface area (Å²) in [5.41, 5.74) is 2.49. The summed E-state index contributed by atoms with van der Waals surface area (Å²) in [6.45, 7) is 1.76. The van der Waals surface area contributed by atoms with Gasteiger partial charge in [0, 0.05) is 42.3 Å². The Hall–Kier alpha value is -1.13. The van der Waals surface area contributed by atoms with Gasteiger partial charge in [-0.2, -0.15) is 0 Å². The van der Waals surface area contributed by atoms with Crippen LogP contribution in [0.3, 0.4) is 0 Å².